The summed E-state index contributed by atoms with van der Waals surface area (Å²) in [6.07, 6.45) is 0. The summed E-state index contributed by atoms with van der Waals surface area (Å²) >= 11 is 0. The van der Waals surface area contributed by atoms with Crippen molar-refractivity contribution in [2.24, 2.45) is 0 Å². The molecule has 3 rings (SSSR count). The average Bonchev–Trinajstić information content (AvgIpc) is 2.69. The SMILES string of the molecule is COc1ccc(NC(=O)c2ccc(-c3ccccc3)cc2)c([N+](=O)[O-])c1. The van der Waals surface area contributed by atoms with Gasteiger partial charge in [0, 0.05) is 5.56 Å². The normalized spacial score (nSPS) is 10.2. The van der Waals surface area contributed by atoms with E-state index in [1.165, 1.54) is 19.2 Å². The number of nitro groups is 1. The molecule has 0 radical (unpaired) electrons. The van der Waals surface area contributed by atoms with Gasteiger partial charge in [0.2, 0.25) is 0 Å². The summed E-state index contributed by atoms with van der Waals surface area (Å²) in [5.74, 6) is -0.0696. The van der Waals surface area contributed by atoms with Gasteiger partial charge in [-0.3, -0.25) is 14.9 Å². The van der Waals surface area contributed by atoms with Crippen LogP contribution in [0.5, 0.6) is 5.75 Å². The number of rotatable bonds is 5. The molecular formula is C20H16N2O4. The fraction of sp³-hybridized carbons (Fsp3) is 0.0500. The predicted molar refractivity (Wildman–Crippen MR) is 99.5 cm³/mol. The second-order valence-electron chi connectivity index (χ2n) is 5.54. The van der Waals surface area contributed by atoms with Crippen molar-refractivity contribution in [3.05, 3.63) is 88.5 Å². The standard InChI is InChI=1S/C20H16N2O4/c1-26-17-11-12-18(19(13-17)22(24)25)21-20(23)16-9-7-15(8-10-16)14-5-3-2-4-6-14/h2-13H,1H3,(H,21,23). The van der Waals surface area contributed by atoms with Crippen molar-refractivity contribution < 1.29 is 14.5 Å². The Hall–Kier alpha value is -3.67. The van der Waals surface area contributed by atoms with E-state index in [9.17, 15) is 14.9 Å². The van der Waals surface area contributed by atoms with E-state index in [4.69, 9.17) is 4.74 Å². The average molecular weight is 348 g/mol. The van der Waals surface area contributed by atoms with Crippen molar-refractivity contribution in [2.75, 3.05) is 12.4 Å². The minimum Gasteiger partial charge on any atom is -0.496 e. The van der Waals surface area contributed by atoms with Crippen LogP contribution in [-0.4, -0.2) is 17.9 Å². The second kappa shape index (κ2) is 7.48. The van der Waals surface area contributed by atoms with E-state index < -0.39 is 10.8 Å². The van der Waals surface area contributed by atoms with E-state index in [0.29, 0.717) is 11.3 Å². The maximum atomic E-state index is 12.4. The number of hydrogen-bond acceptors (Lipinski definition) is 4. The van der Waals surface area contributed by atoms with Crippen LogP contribution in [0.25, 0.3) is 11.1 Å². The molecular weight excluding hydrogens is 332 g/mol. The van der Waals surface area contributed by atoms with Gasteiger partial charge in [0.1, 0.15) is 11.4 Å². The molecule has 0 saturated heterocycles. The highest BCUT2D eigenvalue weighted by Crippen LogP contribution is 2.29. The summed E-state index contributed by atoms with van der Waals surface area (Å²) < 4.78 is 4.99. The zero-order valence-corrected chi connectivity index (χ0v) is 14.0. The number of methoxy groups -OCH3 is 1. The monoisotopic (exact) mass is 348 g/mol. The van der Waals surface area contributed by atoms with E-state index in [1.807, 2.05) is 42.5 Å². The number of benzene rings is 3. The topological polar surface area (TPSA) is 81.5 Å². The van der Waals surface area contributed by atoms with Gasteiger partial charge in [0.15, 0.2) is 0 Å². The van der Waals surface area contributed by atoms with Crippen LogP contribution in [0.3, 0.4) is 0 Å². The Morgan fingerprint density at radius 3 is 2.23 bits per heavy atom. The molecule has 0 aliphatic carbocycles. The quantitative estimate of drug-likeness (QED) is 0.543. The summed E-state index contributed by atoms with van der Waals surface area (Å²) in [6.45, 7) is 0. The number of nitrogens with one attached hydrogen (secondary N) is 1. The van der Waals surface area contributed by atoms with Gasteiger partial charge in [-0.1, -0.05) is 42.5 Å². The second-order valence-corrected chi connectivity index (χ2v) is 5.54. The number of hydrogen-bond donors (Lipinski definition) is 1. The zero-order valence-electron chi connectivity index (χ0n) is 14.0. The Labute approximate surface area is 150 Å². The third kappa shape index (κ3) is 3.70. The minimum atomic E-state index is -0.559. The molecule has 0 aliphatic heterocycles. The Bertz CT molecular complexity index is 938. The molecule has 6 heteroatoms. The lowest BCUT2D eigenvalue weighted by atomic mass is 10.0. The summed E-state index contributed by atoms with van der Waals surface area (Å²) in [4.78, 5) is 23.1. The number of carbonyl (C=O) groups excluding carboxylic acids is 1. The van der Waals surface area contributed by atoms with Crippen molar-refractivity contribution in [3.8, 4) is 16.9 Å². The highest BCUT2D eigenvalue weighted by molar-refractivity contribution is 6.05. The fourth-order valence-corrected chi connectivity index (χ4v) is 2.53. The summed E-state index contributed by atoms with van der Waals surface area (Å²) in [6, 6.07) is 21.1. The van der Waals surface area contributed by atoms with Gasteiger partial charge in [0.25, 0.3) is 11.6 Å². The summed E-state index contributed by atoms with van der Waals surface area (Å²) in [5.41, 5.74) is 2.34. The maximum absolute atomic E-state index is 12.4. The third-order valence-corrected chi connectivity index (χ3v) is 3.90. The molecule has 0 heterocycles. The van der Waals surface area contributed by atoms with Gasteiger partial charge in [-0.05, 0) is 35.4 Å². The van der Waals surface area contributed by atoms with Crippen molar-refractivity contribution in [1.82, 2.24) is 0 Å². The van der Waals surface area contributed by atoms with E-state index in [0.717, 1.165) is 11.1 Å². The Morgan fingerprint density at radius 2 is 1.62 bits per heavy atom. The highest BCUT2D eigenvalue weighted by atomic mass is 16.6. The number of nitrogens with zero attached hydrogens (tertiary/aromatic N) is 1. The van der Waals surface area contributed by atoms with E-state index >= 15 is 0 Å². The molecule has 3 aromatic carbocycles. The Morgan fingerprint density at radius 1 is 0.962 bits per heavy atom. The Kier molecular flexibility index (Phi) is 4.94. The summed E-state index contributed by atoms with van der Waals surface area (Å²) in [5, 5.41) is 13.8. The van der Waals surface area contributed by atoms with Gasteiger partial charge in [-0.15, -0.1) is 0 Å². The first kappa shape index (κ1) is 17.2. The van der Waals surface area contributed by atoms with Crippen LogP contribution < -0.4 is 10.1 Å². The fourth-order valence-electron chi connectivity index (χ4n) is 2.53. The molecule has 0 fully saturated rings. The van der Waals surface area contributed by atoms with Crippen LogP contribution in [0.1, 0.15) is 10.4 Å². The maximum Gasteiger partial charge on any atom is 0.296 e. The predicted octanol–water partition coefficient (Wildman–Crippen LogP) is 4.52. The molecule has 26 heavy (non-hydrogen) atoms. The smallest absolute Gasteiger partial charge is 0.296 e. The molecule has 0 bridgehead atoms. The third-order valence-electron chi connectivity index (χ3n) is 3.90. The van der Waals surface area contributed by atoms with Gasteiger partial charge < -0.3 is 10.1 Å². The van der Waals surface area contributed by atoms with Crippen LogP contribution in [0.2, 0.25) is 0 Å². The molecule has 3 aromatic rings. The van der Waals surface area contributed by atoms with Crippen molar-refractivity contribution in [3.63, 3.8) is 0 Å². The largest absolute Gasteiger partial charge is 0.496 e. The van der Waals surface area contributed by atoms with Crippen molar-refractivity contribution in [2.45, 2.75) is 0 Å². The molecule has 0 saturated carbocycles. The van der Waals surface area contributed by atoms with Crippen LogP contribution in [0, 0.1) is 10.1 Å². The van der Waals surface area contributed by atoms with Gasteiger partial charge >= 0.3 is 0 Å². The molecule has 0 aromatic heterocycles. The molecule has 0 aliphatic rings. The summed E-state index contributed by atoms with van der Waals surface area (Å²) in [7, 11) is 1.42. The van der Waals surface area contributed by atoms with Crippen LogP contribution in [0.4, 0.5) is 11.4 Å². The highest BCUT2D eigenvalue weighted by Gasteiger charge is 2.18. The van der Waals surface area contributed by atoms with Crippen LogP contribution >= 0.6 is 0 Å². The first-order valence-corrected chi connectivity index (χ1v) is 7.88. The first-order valence-electron chi connectivity index (χ1n) is 7.88. The van der Waals surface area contributed by atoms with Gasteiger partial charge in [-0.2, -0.15) is 0 Å². The minimum absolute atomic E-state index is 0.118. The number of carbonyl (C=O) groups is 1. The van der Waals surface area contributed by atoms with Crippen LogP contribution in [-0.2, 0) is 0 Å². The molecule has 0 atom stereocenters. The lowest BCUT2D eigenvalue weighted by molar-refractivity contribution is -0.384. The lowest BCUT2D eigenvalue weighted by Crippen LogP contribution is -2.13. The Balaban J connectivity index is 1.81. The molecule has 0 unspecified atom stereocenters. The van der Waals surface area contributed by atoms with E-state index in [2.05, 4.69) is 5.32 Å². The lowest BCUT2D eigenvalue weighted by Gasteiger charge is -2.08. The molecule has 130 valence electrons. The molecule has 1 amide bonds. The van der Waals surface area contributed by atoms with Crippen molar-refractivity contribution in [1.29, 1.82) is 0 Å². The molecule has 6 nitrogen and oxygen atoms in total. The molecule has 1 N–H and O–H groups in total. The first-order chi connectivity index (χ1) is 12.6. The number of ether oxygens (including phenoxy) is 1. The number of anilines is 1. The van der Waals surface area contributed by atoms with Gasteiger partial charge in [0.05, 0.1) is 18.1 Å². The van der Waals surface area contributed by atoms with E-state index in [1.54, 1.807) is 18.2 Å². The number of nitro benzene ring substituents is 1. The van der Waals surface area contributed by atoms with Crippen LogP contribution in [0.15, 0.2) is 72.8 Å². The molecule has 0 spiro atoms. The zero-order chi connectivity index (χ0) is 18.5. The number of amides is 1. The van der Waals surface area contributed by atoms with Crippen molar-refractivity contribution >= 4 is 17.3 Å². The van der Waals surface area contributed by atoms with Gasteiger partial charge in [-0.25, -0.2) is 0 Å². The van der Waals surface area contributed by atoms with E-state index in [-0.39, 0.29) is 11.4 Å².